The smallest absolute Gasteiger partial charge is 0.339 e. The van der Waals surface area contributed by atoms with Crippen molar-refractivity contribution in [3.8, 4) is 28.0 Å². The number of benzene rings is 1. The van der Waals surface area contributed by atoms with E-state index in [0.29, 0.717) is 24.5 Å². The van der Waals surface area contributed by atoms with Crippen molar-refractivity contribution in [3.05, 3.63) is 60.6 Å². The summed E-state index contributed by atoms with van der Waals surface area (Å²) in [5.41, 5.74) is 4.47. The normalized spacial score (nSPS) is 10.6. The second kappa shape index (κ2) is 12.3. The maximum Gasteiger partial charge on any atom is 0.339 e. The van der Waals surface area contributed by atoms with Crippen molar-refractivity contribution in [3.63, 3.8) is 0 Å². The standard InChI is InChI=1S/C24H23IN4O3S.C2H6/c1-4-28(5-2)22-19(24(30)31)11-16(12-26-22)15-10-18-20(14-29(33-25)23(18)27-13-15)17-8-6-7-9-21(17)32-3;1-2/h6-14H,4-5H2,1-3H3,(H,30,31);1-2H3. The molecule has 0 aliphatic heterocycles. The predicted octanol–water partition coefficient (Wildman–Crippen LogP) is 7.19. The largest absolute Gasteiger partial charge is 0.496 e. The van der Waals surface area contributed by atoms with Crippen LogP contribution in [0.5, 0.6) is 5.75 Å². The molecule has 0 fully saturated rings. The van der Waals surface area contributed by atoms with Gasteiger partial charge in [-0.2, -0.15) is 0 Å². The molecule has 0 atom stereocenters. The number of hydrogen-bond donors (Lipinski definition) is 1. The Balaban J connectivity index is 0.00000167. The number of nitrogens with zero attached hydrogens (tertiary/aromatic N) is 4. The molecule has 7 nitrogen and oxygen atoms in total. The van der Waals surface area contributed by atoms with Crippen LogP contribution in [0.3, 0.4) is 0 Å². The molecule has 0 amide bonds. The molecule has 3 aromatic heterocycles. The van der Waals surface area contributed by atoms with Gasteiger partial charge >= 0.3 is 5.97 Å². The van der Waals surface area contributed by atoms with Crippen molar-refractivity contribution in [2.24, 2.45) is 0 Å². The third-order valence-electron chi connectivity index (χ3n) is 5.58. The van der Waals surface area contributed by atoms with Crippen LogP contribution >= 0.6 is 30.3 Å². The van der Waals surface area contributed by atoms with Crippen molar-refractivity contribution in [1.82, 2.24) is 13.9 Å². The Bertz CT molecular complexity index is 1320. The van der Waals surface area contributed by atoms with Crippen LogP contribution in [0.25, 0.3) is 33.3 Å². The average molecular weight is 605 g/mol. The average Bonchev–Trinajstić information content (AvgIpc) is 3.28. The van der Waals surface area contributed by atoms with Gasteiger partial charge in [-0.25, -0.2) is 14.8 Å². The number of methoxy groups -OCH3 is 1. The summed E-state index contributed by atoms with van der Waals surface area (Å²) in [6.45, 7) is 9.33. The van der Waals surface area contributed by atoms with Gasteiger partial charge in [0.15, 0.2) is 5.65 Å². The molecule has 4 aromatic rings. The van der Waals surface area contributed by atoms with Gasteiger partial charge in [-0.15, -0.1) is 0 Å². The molecule has 0 radical (unpaired) electrons. The lowest BCUT2D eigenvalue weighted by atomic mass is 10.0. The molecule has 0 aliphatic carbocycles. The van der Waals surface area contributed by atoms with E-state index in [2.05, 4.69) is 26.2 Å². The lowest BCUT2D eigenvalue weighted by Gasteiger charge is -2.21. The summed E-state index contributed by atoms with van der Waals surface area (Å²) in [7, 11) is 3.19. The maximum absolute atomic E-state index is 12.0. The third-order valence-corrected chi connectivity index (χ3v) is 7.28. The highest BCUT2D eigenvalue weighted by molar-refractivity contribution is 14.2. The van der Waals surface area contributed by atoms with Crippen molar-refractivity contribution < 1.29 is 14.6 Å². The van der Waals surface area contributed by atoms with Gasteiger partial charge in [-0.05, 0) is 32.0 Å². The second-order valence-corrected chi connectivity index (χ2v) is 9.02. The quantitative estimate of drug-likeness (QED) is 0.213. The Morgan fingerprint density at radius 3 is 2.37 bits per heavy atom. The van der Waals surface area contributed by atoms with Gasteiger partial charge in [0.25, 0.3) is 0 Å². The van der Waals surface area contributed by atoms with E-state index in [4.69, 9.17) is 9.72 Å². The van der Waals surface area contributed by atoms with Gasteiger partial charge in [0, 0.05) is 89.6 Å². The SMILES string of the molecule is CC.CCN(CC)c1ncc(-c2cnc3c(c2)c(-c2ccccc2OC)cn3SI)cc1C(=O)O. The first kappa shape index (κ1) is 26.8. The number of carboxylic acid groups (broad SMARTS) is 1. The molecule has 9 heteroatoms. The molecule has 0 aliphatic rings. The molecule has 0 unspecified atom stereocenters. The number of carbonyl (C=O) groups is 1. The van der Waals surface area contributed by atoms with Gasteiger partial charge in [0.2, 0.25) is 0 Å². The van der Waals surface area contributed by atoms with Gasteiger partial charge in [0.1, 0.15) is 17.1 Å². The van der Waals surface area contributed by atoms with E-state index in [1.54, 1.807) is 25.6 Å². The molecule has 1 N–H and O–H groups in total. The van der Waals surface area contributed by atoms with Crippen LogP contribution in [0, 0.1) is 0 Å². The van der Waals surface area contributed by atoms with Crippen LogP contribution in [-0.4, -0.2) is 45.2 Å². The highest BCUT2D eigenvalue weighted by atomic mass is 127. The minimum Gasteiger partial charge on any atom is -0.496 e. The first-order chi connectivity index (χ1) is 17.0. The number of aromatic carboxylic acids is 1. The molecule has 35 heavy (non-hydrogen) atoms. The van der Waals surface area contributed by atoms with Crippen LogP contribution in [-0.2, 0) is 0 Å². The molecule has 0 bridgehead atoms. The Morgan fingerprint density at radius 1 is 1.09 bits per heavy atom. The summed E-state index contributed by atoms with van der Waals surface area (Å²) in [6.07, 6.45) is 5.52. The molecule has 4 rings (SSSR count). The molecule has 1 aromatic carbocycles. The Labute approximate surface area is 222 Å². The monoisotopic (exact) mass is 604 g/mol. The van der Waals surface area contributed by atoms with E-state index in [1.807, 2.05) is 73.1 Å². The van der Waals surface area contributed by atoms with Crippen molar-refractivity contribution in [2.75, 3.05) is 25.1 Å². The topological polar surface area (TPSA) is 80.5 Å². The molecule has 0 saturated heterocycles. The van der Waals surface area contributed by atoms with Crippen molar-refractivity contribution in [2.45, 2.75) is 27.7 Å². The number of para-hydroxylation sites is 1. The minimum atomic E-state index is -0.998. The van der Waals surface area contributed by atoms with Crippen molar-refractivity contribution in [1.29, 1.82) is 0 Å². The number of pyridine rings is 2. The number of hydrogen-bond acceptors (Lipinski definition) is 6. The number of fused-ring (bicyclic) bond motifs is 1. The van der Waals surface area contributed by atoms with Crippen LogP contribution < -0.4 is 9.64 Å². The van der Waals surface area contributed by atoms with Gasteiger partial charge in [-0.1, -0.05) is 32.0 Å². The van der Waals surface area contributed by atoms with Crippen LogP contribution in [0.4, 0.5) is 5.82 Å². The zero-order valence-corrected chi connectivity index (χ0v) is 23.4. The second-order valence-electron chi connectivity index (χ2n) is 7.31. The minimum absolute atomic E-state index is 0.182. The summed E-state index contributed by atoms with van der Waals surface area (Å²) in [5.74, 6) is 0.258. The first-order valence-corrected chi connectivity index (χ1v) is 14.8. The lowest BCUT2D eigenvalue weighted by Crippen LogP contribution is -2.25. The van der Waals surface area contributed by atoms with Crippen molar-refractivity contribution >= 4 is 53.1 Å². The van der Waals surface area contributed by atoms with E-state index >= 15 is 0 Å². The number of ether oxygens (including phenoxy) is 1. The fourth-order valence-corrected chi connectivity index (χ4v) is 5.18. The summed E-state index contributed by atoms with van der Waals surface area (Å²) in [5, 5.41) is 10.8. The van der Waals surface area contributed by atoms with Gasteiger partial charge < -0.3 is 14.7 Å². The van der Waals surface area contributed by atoms with Crippen LogP contribution in [0.15, 0.2) is 55.0 Å². The van der Waals surface area contributed by atoms with Crippen LogP contribution in [0.2, 0.25) is 0 Å². The Morgan fingerprint density at radius 2 is 1.74 bits per heavy atom. The van der Waals surface area contributed by atoms with E-state index in [-0.39, 0.29) is 5.56 Å². The molecule has 184 valence electrons. The predicted molar refractivity (Wildman–Crippen MR) is 154 cm³/mol. The number of carboxylic acids is 1. The molecule has 0 spiro atoms. The number of aromatic nitrogens is 3. The fourth-order valence-electron chi connectivity index (χ4n) is 3.92. The van der Waals surface area contributed by atoms with E-state index < -0.39 is 5.97 Å². The summed E-state index contributed by atoms with van der Waals surface area (Å²) >= 11 is 2.23. The maximum atomic E-state index is 12.0. The summed E-state index contributed by atoms with van der Waals surface area (Å²) in [6, 6.07) is 11.6. The van der Waals surface area contributed by atoms with Gasteiger partial charge in [-0.3, -0.25) is 3.97 Å². The van der Waals surface area contributed by atoms with E-state index in [0.717, 1.165) is 33.5 Å². The highest BCUT2D eigenvalue weighted by Crippen LogP contribution is 2.39. The van der Waals surface area contributed by atoms with Crippen LogP contribution in [0.1, 0.15) is 38.1 Å². The van der Waals surface area contributed by atoms with E-state index in [9.17, 15) is 9.90 Å². The molecular weight excluding hydrogens is 575 g/mol. The highest BCUT2D eigenvalue weighted by Gasteiger charge is 2.19. The molecule has 3 heterocycles. The lowest BCUT2D eigenvalue weighted by molar-refractivity contribution is 0.0697. The Kier molecular flexibility index (Phi) is 9.39. The van der Waals surface area contributed by atoms with Gasteiger partial charge in [0.05, 0.1) is 7.11 Å². The first-order valence-electron chi connectivity index (χ1n) is 11.4. The number of halogens is 1. The summed E-state index contributed by atoms with van der Waals surface area (Å²) < 4.78 is 7.59. The zero-order valence-electron chi connectivity index (χ0n) is 20.4. The fraction of sp³-hybridized carbons (Fsp3) is 0.269. The summed E-state index contributed by atoms with van der Waals surface area (Å²) in [4.78, 5) is 23.2. The molecule has 0 saturated carbocycles. The number of anilines is 1. The molecular formula is C26H29IN4O3S. The zero-order chi connectivity index (χ0) is 25.5. The Hall–Kier alpha value is -2.79. The third kappa shape index (κ3) is 5.40. The van der Waals surface area contributed by atoms with E-state index in [1.165, 1.54) is 9.12 Å². The number of rotatable bonds is 8.